The van der Waals surface area contributed by atoms with Gasteiger partial charge in [0.2, 0.25) is 5.91 Å². The number of anilines is 2. The lowest BCUT2D eigenvalue weighted by Gasteiger charge is -2.15. The van der Waals surface area contributed by atoms with E-state index in [0.717, 1.165) is 23.2 Å². The molecule has 3 aromatic rings. The number of benzene rings is 2. The van der Waals surface area contributed by atoms with E-state index in [1.807, 2.05) is 42.5 Å². The van der Waals surface area contributed by atoms with Gasteiger partial charge in [-0.2, -0.15) is 5.10 Å². The molecule has 0 spiro atoms. The van der Waals surface area contributed by atoms with E-state index in [4.69, 9.17) is 11.6 Å². The van der Waals surface area contributed by atoms with Crippen LogP contribution in [-0.4, -0.2) is 28.1 Å². The number of halogens is 1. The molecule has 0 atom stereocenters. The van der Waals surface area contributed by atoms with Gasteiger partial charge in [-0.05, 0) is 41.8 Å². The zero-order chi connectivity index (χ0) is 19.7. The van der Waals surface area contributed by atoms with E-state index in [2.05, 4.69) is 10.4 Å². The standard InChI is InChI=1S/C21H19ClN4O2/c1-14(27)26-9-8-15-10-18(6-7-20(15)26)24-21(28)17-11-23-25(13-17)12-16-4-2-3-5-19(16)22/h2-7,10-11,13H,8-9,12H2,1H3,(H,24,28). The second-order valence-corrected chi connectivity index (χ2v) is 7.14. The lowest BCUT2D eigenvalue weighted by atomic mass is 10.1. The number of fused-ring (bicyclic) bond motifs is 1. The largest absolute Gasteiger partial charge is 0.322 e. The topological polar surface area (TPSA) is 67.2 Å². The summed E-state index contributed by atoms with van der Waals surface area (Å²) in [5.74, 6) is -0.201. The van der Waals surface area contributed by atoms with Gasteiger partial charge in [-0.15, -0.1) is 0 Å². The van der Waals surface area contributed by atoms with Crippen LogP contribution in [0.4, 0.5) is 11.4 Å². The van der Waals surface area contributed by atoms with Crippen molar-refractivity contribution >= 4 is 34.8 Å². The summed E-state index contributed by atoms with van der Waals surface area (Å²) in [6.45, 7) is 2.73. The summed E-state index contributed by atoms with van der Waals surface area (Å²) in [5.41, 5.74) is 4.08. The van der Waals surface area contributed by atoms with Crippen molar-refractivity contribution in [1.82, 2.24) is 9.78 Å². The molecular weight excluding hydrogens is 376 g/mol. The molecular formula is C21H19ClN4O2. The number of aromatic nitrogens is 2. The number of rotatable bonds is 4. The number of hydrogen-bond donors (Lipinski definition) is 1. The third-order valence-electron chi connectivity index (χ3n) is 4.80. The summed E-state index contributed by atoms with van der Waals surface area (Å²) in [6.07, 6.45) is 4.02. The van der Waals surface area contributed by atoms with Crippen molar-refractivity contribution < 1.29 is 9.59 Å². The van der Waals surface area contributed by atoms with Crippen LogP contribution in [-0.2, 0) is 17.8 Å². The van der Waals surface area contributed by atoms with Gasteiger partial charge in [-0.25, -0.2) is 0 Å². The highest BCUT2D eigenvalue weighted by Crippen LogP contribution is 2.30. The van der Waals surface area contributed by atoms with Gasteiger partial charge in [0.05, 0.1) is 18.3 Å². The molecule has 7 heteroatoms. The number of nitrogens with zero attached hydrogens (tertiary/aromatic N) is 3. The molecule has 0 aliphatic carbocycles. The van der Waals surface area contributed by atoms with Gasteiger partial charge < -0.3 is 10.2 Å². The van der Waals surface area contributed by atoms with Crippen LogP contribution < -0.4 is 10.2 Å². The number of amides is 2. The highest BCUT2D eigenvalue weighted by molar-refractivity contribution is 6.31. The first-order valence-corrected chi connectivity index (χ1v) is 9.37. The van der Waals surface area contributed by atoms with Crippen molar-refractivity contribution in [2.75, 3.05) is 16.8 Å². The average molecular weight is 395 g/mol. The molecule has 0 saturated heterocycles. The second-order valence-electron chi connectivity index (χ2n) is 6.74. The van der Waals surface area contributed by atoms with Crippen LogP contribution in [0, 0.1) is 0 Å². The molecule has 0 fully saturated rings. The van der Waals surface area contributed by atoms with Crippen molar-refractivity contribution in [3.63, 3.8) is 0 Å². The molecule has 4 rings (SSSR count). The summed E-state index contributed by atoms with van der Waals surface area (Å²) in [5, 5.41) is 7.82. The lowest BCUT2D eigenvalue weighted by molar-refractivity contribution is -0.116. The Hall–Kier alpha value is -3.12. The third kappa shape index (κ3) is 3.64. The van der Waals surface area contributed by atoms with Crippen molar-refractivity contribution in [3.8, 4) is 0 Å². The first-order chi connectivity index (χ1) is 13.5. The Morgan fingerprint density at radius 2 is 2.04 bits per heavy atom. The second kappa shape index (κ2) is 7.48. The van der Waals surface area contributed by atoms with Gasteiger partial charge in [-0.3, -0.25) is 14.3 Å². The predicted octanol–water partition coefficient (Wildman–Crippen LogP) is 3.75. The van der Waals surface area contributed by atoms with E-state index in [0.29, 0.717) is 29.4 Å². The molecule has 1 aromatic heterocycles. The van der Waals surface area contributed by atoms with E-state index >= 15 is 0 Å². The Bertz CT molecular complexity index is 1060. The molecule has 0 saturated carbocycles. The van der Waals surface area contributed by atoms with E-state index in [1.165, 1.54) is 6.20 Å². The maximum atomic E-state index is 12.6. The van der Waals surface area contributed by atoms with Gasteiger partial charge in [0.15, 0.2) is 0 Å². The minimum absolute atomic E-state index is 0.0291. The Balaban J connectivity index is 1.46. The molecule has 2 amide bonds. The molecule has 6 nitrogen and oxygen atoms in total. The SMILES string of the molecule is CC(=O)N1CCc2cc(NC(=O)c3cnn(Cc4ccccc4Cl)c3)ccc21. The number of nitrogens with one attached hydrogen (secondary N) is 1. The fourth-order valence-corrected chi connectivity index (χ4v) is 3.57. The molecule has 0 unspecified atom stereocenters. The van der Waals surface area contributed by atoms with Crippen LogP contribution >= 0.6 is 11.6 Å². The zero-order valence-corrected chi connectivity index (χ0v) is 16.1. The molecule has 142 valence electrons. The van der Waals surface area contributed by atoms with Gasteiger partial charge in [-0.1, -0.05) is 29.8 Å². The summed E-state index contributed by atoms with van der Waals surface area (Å²) in [7, 11) is 0. The molecule has 2 aromatic carbocycles. The van der Waals surface area contributed by atoms with Gasteiger partial charge >= 0.3 is 0 Å². The fourth-order valence-electron chi connectivity index (χ4n) is 3.38. The van der Waals surface area contributed by atoms with E-state index in [1.54, 1.807) is 22.7 Å². The predicted molar refractivity (Wildman–Crippen MR) is 109 cm³/mol. The Labute approximate surface area is 167 Å². The van der Waals surface area contributed by atoms with Crippen LogP contribution in [0.3, 0.4) is 0 Å². The van der Waals surface area contributed by atoms with Crippen LogP contribution in [0.2, 0.25) is 5.02 Å². The molecule has 28 heavy (non-hydrogen) atoms. The van der Waals surface area contributed by atoms with Crippen LogP contribution in [0.25, 0.3) is 0 Å². The molecule has 2 heterocycles. The number of carbonyl (C=O) groups excluding carboxylic acids is 2. The zero-order valence-electron chi connectivity index (χ0n) is 15.4. The first kappa shape index (κ1) is 18.3. The smallest absolute Gasteiger partial charge is 0.258 e. The average Bonchev–Trinajstić information content (AvgIpc) is 3.30. The molecule has 0 radical (unpaired) electrons. The van der Waals surface area contributed by atoms with Gasteiger partial charge in [0, 0.05) is 36.1 Å². The highest BCUT2D eigenvalue weighted by atomic mass is 35.5. The first-order valence-electron chi connectivity index (χ1n) is 8.99. The van der Waals surface area contributed by atoms with Crippen molar-refractivity contribution in [3.05, 3.63) is 76.6 Å². The van der Waals surface area contributed by atoms with Crippen molar-refractivity contribution in [1.29, 1.82) is 0 Å². The van der Waals surface area contributed by atoms with Crippen molar-refractivity contribution in [2.45, 2.75) is 19.9 Å². The van der Waals surface area contributed by atoms with Gasteiger partial charge in [0.1, 0.15) is 0 Å². The quantitative estimate of drug-likeness (QED) is 0.732. The van der Waals surface area contributed by atoms with Crippen molar-refractivity contribution in [2.24, 2.45) is 0 Å². The minimum Gasteiger partial charge on any atom is -0.322 e. The van der Waals surface area contributed by atoms with Gasteiger partial charge in [0.25, 0.3) is 5.91 Å². The van der Waals surface area contributed by atoms with Crippen LogP contribution in [0.1, 0.15) is 28.4 Å². The maximum absolute atomic E-state index is 12.6. The molecule has 0 bridgehead atoms. The fraction of sp³-hybridized carbons (Fsp3) is 0.190. The number of carbonyl (C=O) groups is 2. The van der Waals surface area contributed by atoms with E-state index in [9.17, 15) is 9.59 Å². The molecule has 1 aliphatic heterocycles. The Morgan fingerprint density at radius 3 is 2.82 bits per heavy atom. The monoisotopic (exact) mass is 394 g/mol. The molecule has 1 N–H and O–H groups in total. The Morgan fingerprint density at radius 1 is 1.21 bits per heavy atom. The minimum atomic E-state index is -0.230. The highest BCUT2D eigenvalue weighted by Gasteiger charge is 2.22. The Kier molecular flexibility index (Phi) is 4.88. The summed E-state index contributed by atoms with van der Waals surface area (Å²) < 4.78 is 1.68. The normalized spacial score (nSPS) is 12.7. The summed E-state index contributed by atoms with van der Waals surface area (Å²) in [4.78, 5) is 26.0. The van der Waals surface area contributed by atoms with Crippen LogP contribution in [0.5, 0.6) is 0 Å². The van der Waals surface area contributed by atoms with Crippen LogP contribution in [0.15, 0.2) is 54.9 Å². The van der Waals surface area contributed by atoms with E-state index in [-0.39, 0.29) is 11.8 Å². The molecule has 1 aliphatic rings. The van der Waals surface area contributed by atoms with E-state index < -0.39 is 0 Å². The third-order valence-corrected chi connectivity index (χ3v) is 5.17. The lowest BCUT2D eigenvalue weighted by Crippen LogP contribution is -2.25. The number of hydrogen-bond acceptors (Lipinski definition) is 3. The summed E-state index contributed by atoms with van der Waals surface area (Å²) in [6, 6.07) is 13.2. The maximum Gasteiger partial charge on any atom is 0.258 e. The summed E-state index contributed by atoms with van der Waals surface area (Å²) >= 11 is 6.18.